The quantitative estimate of drug-likeness (QED) is 0.155. The topological polar surface area (TPSA) is 137 Å². The number of hydrogen-bond donors (Lipinski definition) is 4. The highest BCUT2D eigenvalue weighted by Gasteiger charge is 2.46. The van der Waals surface area contributed by atoms with E-state index in [0.717, 1.165) is 52.6 Å². The van der Waals surface area contributed by atoms with E-state index in [1.54, 1.807) is 0 Å². The summed E-state index contributed by atoms with van der Waals surface area (Å²) in [6.45, 7) is 9.17. The molecule has 1 aliphatic carbocycles. The van der Waals surface area contributed by atoms with Crippen molar-refractivity contribution in [3.8, 4) is 11.1 Å². The summed E-state index contributed by atoms with van der Waals surface area (Å²) >= 11 is 0. The van der Waals surface area contributed by atoms with E-state index in [2.05, 4.69) is 22.5 Å². The van der Waals surface area contributed by atoms with Gasteiger partial charge in [-0.15, -0.1) is 0 Å². The van der Waals surface area contributed by atoms with Crippen LogP contribution < -0.4 is 10.6 Å². The van der Waals surface area contributed by atoms with Gasteiger partial charge < -0.3 is 30.3 Å². The Morgan fingerprint density at radius 2 is 1.56 bits per heavy atom. The van der Waals surface area contributed by atoms with E-state index in [9.17, 15) is 19.5 Å². The Labute approximate surface area is 319 Å². The Hall–Kier alpha value is -4.09. The van der Waals surface area contributed by atoms with E-state index in [-0.39, 0.29) is 67.5 Å². The first-order chi connectivity index (χ1) is 25.9. The number of fused-ring (bicyclic) bond motifs is 1. The first kappa shape index (κ1) is 39.6. The fourth-order valence-electron chi connectivity index (χ4n) is 8.54. The number of carboxylic acids is 1. The molecule has 54 heavy (non-hydrogen) atoms. The standard InChI is InChI=1S/C44H57N3O7/c1-28-38(26-47-36-12-8-6-9-31(36)21-22-37(47)42(52)46-44(2,3)4)53-43(54-41(28)32-15-13-29(27-48)14-16-32)33-19-17-30(18-20-33)35-11-7-5-10-34(35)25-45-39(49)23-24-40(50)51/h5,7,10-11,13-20,28,31,36-38,41,43,48H,6,8-9,12,21-27H2,1-4H3,(H,45,49)(H,46,52)(H,50,51)/t28-,31+,36+,37+,38+,41+,43+/m0/s1. The Bertz CT molecular complexity index is 1740. The second kappa shape index (κ2) is 17.6. The number of aliphatic hydroxyl groups is 1. The highest BCUT2D eigenvalue weighted by molar-refractivity contribution is 5.82. The third-order valence-electron chi connectivity index (χ3n) is 11.4. The molecule has 0 radical (unpaired) electrons. The average molecular weight is 740 g/mol. The van der Waals surface area contributed by atoms with Crippen LogP contribution in [0.5, 0.6) is 0 Å². The Balaban J connectivity index is 1.26. The number of aliphatic carboxylic acids is 1. The summed E-state index contributed by atoms with van der Waals surface area (Å²) in [5.74, 6) is -0.648. The number of carboxylic acid groups (broad SMARTS) is 1. The normalized spacial score (nSPS) is 26.1. The van der Waals surface area contributed by atoms with Crippen LogP contribution in [0.4, 0.5) is 0 Å². The van der Waals surface area contributed by atoms with Gasteiger partial charge in [0.1, 0.15) is 0 Å². The first-order valence-corrected chi connectivity index (χ1v) is 19.7. The smallest absolute Gasteiger partial charge is 0.303 e. The SMILES string of the molecule is C[C@H]1[C@@H](CN2[C@@H](C(=O)NC(C)(C)C)CC[C@H]3CCCC[C@H]32)O[C@@H](c2ccc(-c3ccccc3CNC(=O)CCC(=O)O)cc2)O[C@H]1c1ccc(CO)cc1. The summed E-state index contributed by atoms with van der Waals surface area (Å²) in [6, 6.07) is 24.0. The number of amides is 2. The molecular weight excluding hydrogens is 682 g/mol. The molecule has 10 nitrogen and oxygen atoms in total. The molecule has 2 saturated heterocycles. The van der Waals surface area contributed by atoms with Gasteiger partial charge in [-0.1, -0.05) is 92.6 Å². The molecule has 4 N–H and O–H groups in total. The van der Waals surface area contributed by atoms with Gasteiger partial charge in [-0.05, 0) is 80.2 Å². The molecule has 3 aromatic carbocycles. The number of ether oxygens (including phenoxy) is 2. The van der Waals surface area contributed by atoms with Crippen LogP contribution in [0.3, 0.4) is 0 Å². The summed E-state index contributed by atoms with van der Waals surface area (Å²) in [5.41, 5.74) is 5.27. The zero-order valence-corrected chi connectivity index (χ0v) is 32.1. The van der Waals surface area contributed by atoms with Gasteiger partial charge in [0, 0.05) is 42.6 Å². The van der Waals surface area contributed by atoms with Crippen molar-refractivity contribution in [1.29, 1.82) is 0 Å². The number of hydrogen-bond acceptors (Lipinski definition) is 7. The number of carbonyl (C=O) groups excluding carboxylic acids is 2. The van der Waals surface area contributed by atoms with E-state index in [1.165, 1.54) is 19.3 Å². The number of benzene rings is 3. The largest absolute Gasteiger partial charge is 0.481 e. The Morgan fingerprint density at radius 3 is 2.26 bits per heavy atom. The molecule has 10 heteroatoms. The van der Waals surface area contributed by atoms with Crippen LogP contribution in [0.1, 0.15) is 114 Å². The summed E-state index contributed by atoms with van der Waals surface area (Å²) < 4.78 is 13.8. The van der Waals surface area contributed by atoms with Gasteiger partial charge in [-0.3, -0.25) is 19.3 Å². The van der Waals surface area contributed by atoms with Gasteiger partial charge in [0.15, 0.2) is 6.29 Å². The van der Waals surface area contributed by atoms with Crippen molar-refractivity contribution < 1.29 is 34.1 Å². The van der Waals surface area contributed by atoms with E-state index < -0.39 is 12.3 Å². The summed E-state index contributed by atoms with van der Waals surface area (Å²) in [6.07, 6.45) is 5.19. The van der Waals surface area contributed by atoms with Gasteiger partial charge in [0.25, 0.3) is 0 Å². The van der Waals surface area contributed by atoms with Crippen LogP contribution in [0.2, 0.25) is 0 Å². The van der Waals surface area contributed by atoms with Crippen LogP contribution in [-0.4, -0.2) is 63.2 Å². The lowest BCUT2D eigenvalue weighted by molar-refractivity contribution is -0.278. The highest BCUT2D eigenvalue weighted by Crippen LogP contribution is 2.44. The van der Waals surface area contributed by atoms with Crippen LogP contribution in [-0.2, 0) is 37.0 Å². The molecule has 0 aromatic heterocycles. The van der Waals surface area contributed by atoms with E-state index in [4.69, 9.17) is 14.6 Å². The van der Waals surface area contributed by atoms with E-state index in [0.29, 0.717) is 18.5 Å². The molecule has 0 unspecified atom stereocenters. The van der Waals surface area contributed by atoms with Crippen molar-refractivity contribution in [2.45, 2.75) is 128 Å². The lowest BCUT2D eigenvalue weighted by Crippen LogP contribution is -2.61. The van der Waals surface area contributed by atoms with Gasteiger partial charge in [-0.2, -0.15) is 0 Å². The molecular formula is C44H57N3O7. The van der Waals surface area contributed by atoms with E-state index in [1.807, 2.05) is 93.6 Å². The number of carbonyl (C=O) groups is 3. The predicted molar refractivity (Wildman–Crippen MR) is 207 cm³/mol. The van der Waals surface area contributed by atoms with Crippen molar-refractivity contribution >= 4 is 17.8 Å². The molecule has 1 saturated carbocycles. The third-order valence-corrected chi connectivity index (χ3v) is 11.4. The number of nitrogens with one attached hydrogen (secondary N) is 2. The Morgan fingerprint density at radius 1 is 0.852 bits per heavy atom. The fraction of sp³-hybridized carbons (Fsp3) is 0.523. The van der Waals surface area contributed by atoms with Crippen molar-refractivity contribution in [1.82, 2.24) is 15.5 Å². The van der Waals surface area contributed by atoms with Gasteiger partial charge >= 0.3 is 5.97 Å². The highest BCUT2D eigenvalue weighted by atomic mass is 16.7. The minimum atomic E-state index is -1.000. The molecule has 0 spiro atoms. The lowest BCUT2D eigenvalue weighted by Gasteiger charge is -2.51. The second-order valence-corrected chi connectivity index (χ2v) is 16.4. The predicted octanol–water partition coefficient (Wildman–Crippen LogP) is 7.06. The maximum atomic E-state index is 13.9. The first-order valence-electron chi connectivity index (χ1n) is 19.7. The molecule has 3 fully saturated rings. The molecule has 2 heterocycles. The third kappa shape index (κ3) is 9.76. The molecule has 7 atom stereocenters. The lowest BCUT2D eigenvalue weighted by atomic mass is 9.75. The molecule has 2 aliphatic heterocycles. The van der Waals surface area contributed by atoms with Crippen molar-refractivity contribution in [3.63, 3.8) is 0 Å². The summed E-state index contributed by atoms with van der Waals surface area (Å²) in [7, 11) is 0. The van der Waals surface area contributed by atoms with E-state index >= 15 is 0 Å². The molecule has 3 aromatic rings. The van der Waals surface area contributed by atoms with Crippen LogP contribution in [0.25, 0.3) is 11.1 Å². The van der Waals surface area contributed by atoms with Crippen LogP contribution in [0, 0.1) is 11.8 Å². The summed E-state index contributed by atoms with van der Waals surface area (Å²) in [4.78, 5) is 39.5. The zero-order chi connectivity index (χ0) is 38.4. The molecule has 290 valence electrons. The van der Waals surface area contributed by atoms with Gasteiger partial charge in [0.05, 0.1) is 31.3 Å². The van der Waals surface area contributed by atoms with Gasteiger partial charge in [0.2, 0.25) is 11.8 Å². The van der Waals surface area contributed by atoms with Crippen molar-refractivity contribution in [3.05, 3.63) is 95.1 Å². The number of rotatable bonds is 12. The number of piperidine rings is 1. The maximum Gasteiger partial charge on any atom is 0.303 e. The monoisotopic (exact) mass is 739 g/mol. The molecule has 2 amide bonds. The van der Waals surface area contributed by atoms with Crippen LogP contribution >= 0.6 is 0 Å². The number of nitrogens with zero attached hydrogens (tertiary/aromatic N) is 1. The molecule has 3 aliphatic rings. The molecule has 0 bridgehead atoms. The number of aliphatic hydroxyl groups excluding tert-OH is 1. The Kier molecular flexibility index (Phi) is 12.9. The number of likely N-dealkylation sites (tertiary alicyclic amines) is 1. The van der Waals surface area contributed by atoms with Crippen molar-refractivity contribution in [2.75, 3.05) is 6.54 Å². The van der Waals surface area contributed by atoms with Crippen LogP contribution in [0.15, 0.2) is 72.8 Å². The zero-order valence-electron chi connectivity index (χ0n) is 32.1. The molecule has 6 rings (SSSR count). The van der Waals surface area contributed by atoms with Crippen molar-refractivity contribution in [2.24, 2.45) is 11.8 Å². The summed E-state index contributed by atoms with van der Waals surface area (Å²) in [5, 5.41) is 24.8. The maximum absolute atomic E-state index is 13.9. The minimum Gasteiger partial charge on any atom is -0.481 e. The minimum absolute atomic E-state index is 0.0200. The fourth-order valence-corrected chi connectivity index (χ4v) is 8.54. The van der Waals surface area contributed by atoms with Gasteiger partial charge in [-0.25, -0.2) is 0 Å². The average Bonchev–Trinajstić information content (AvgIpc) is 3.16. The second-order valence-electron chi connectivity index (χ2n) is 16.4.